The van der Waals surface area contributed by atoms with Gasteiger partial charge in [0.25, 0.3) is 15.9 Å². The van der Waals surface area contributed by atoms with Crippen LogP contribution in [0.3, 0.4) is 0 Å². The van der Waals surface area contributed by atoms with E-state index in [0.717, 1.165) is 9.87 Å². The molecular weight excluding hydrogens is 454 g/mol. The number of carbonyl (C=O) groups excluding carboxylic acids is 3. The molecule has 1 atom stereocenters. The minimum absolute atomic E-state index is 0.0195. The molecule has 10 heteroatoms. The van der Waals surface area contributed by atoms with Crippen molar-refractivity contribution in [3.05, 3.63) is 64.7 Å². The van der Waals surface area contributed by atoms with Gasteiger partial charge in [-0.15, -0.1) is 0 Å². The van der Waals surface area contributed by atoms with Gasteiger partial charge in [0.15, 0.2) is 0 Å². The molecule has 170 valence electrons. The molecule has 0 fully saturated rings. The number of rotatable bonds is 8. The van der Waals surface area contributed by atoms with Crippen LogP contribution in [0.1, 0.15) is 35.7 Å². The second kappa shape index (κ2) is 9.70. The molecule has 1 N–H and O–H groups in total. The van der Waals surface area contributed by atoms with E-state index in [1.807, 2.05) is 0 Å². The van der Waals surface area contributed by atoms with E-state index in [4.69, 9.17) is 11.6 Å². The molecule has 3 rings (SSSR count). The molecule has 1 aliphatic rings. The quantitative estimate of drug-likeness (QED) is 0.628. The lowest BCUT2D eigenvalue weighted by atomic mass is 10.1. The van der Waals surface area contributed by atoms with E-state index in [-0.39, 0.29) is 48.2 Å². The van der Waals surface area contributed by atoms with Crippen molar-refractivity contribution in [1.29, 1.82) is 0 Å². The molecule has 1 aliphatic heterocycles. The van der Waals surface area contributed by atoms with E-state index in [9.17, 15) is 22.8 Å². The second-order valence-corrected chi connectivity index (χ2v) is 9.69. The number of halogens is 1. The summed E-state index contributed by atoms with van der Waals surface area (Å²) in [5.41, 5.74) is 0.933. The Kier molecular flexibility index (Phi) is 7.20. The lowest BCUT2D eigenvalue weighted by molar-refractivity contribution is -0.140. The Hall–Kier alpha value is -2.91. The summed E-state index contributed by atoms with van der Waals surface area (Å²) in [6.45, 7) is 1.69. The van der Waals surface area contributed by atoms with E-state index >= 15 is 0 Å². The van der Waals surface area contributed by atoms with E-state index < -0.39 is 22.0 Å². The standard InChI is InChI=1S/C22H24ClN3O5S/c1-15(21(28)24-2)25(14-16-9-11-17(23)12-10-16)20(27)8-5-13-26-22(29)18-6-3-4-7-19(18)32(26,30)31/h3-4,6-7,9-12,15H,5,8,13-14H2,1-2H3,(H,24,28)/t15-/m0/s1. The molecule has 8 nitrogen and oxygen atoms in total. The number of fused-ring (bicyclic) bond motifs is 1. The zero-order valence-electron chi connectivity index (χ0n) is 17.7. The van der Waals surface area contributed by atoms with Gasteiger partial charge in [-0.25, -0.2) is 12.7 Å². The third-order valence-electron chi connectivity index (χ3n) is 5.34. The van der Waals surface area contributed by atoms with Gasteiger partial charge in [0.2, 0.25) is 11.8 Å². The Bertz CT molecular complexity index is 1130. The van der Waals surface area contributed by atoms with Crippen LogP contribution in [0.2, 0.25) is 5.02 Å². The average Bonchev–Trinajstić information content (AvgIpc) is 2.98. The van der Waals surface area contributed by atoms with Crippen molar-refractivity contribution in [2.45, 2.75) is 37.2 Å². The first-order valence-corrected chi connectivity index (χ1v) is 11.9. The number of hydrogen-bond acceptors (Lipinski definition) is 5. The van der Waals surface area contributed by atoms with Gasteiger partial charge in [-0.1, -0.05) is 35.9 Å². The van der Waals surface area contributed by atoms with Gasteiger partial charge in [-0.2, -0.15) is 0 Å². The molecule has 2 aromatic rings. The molecule has 0 unspecified atom stereocenters. The molecule has 0 aliphatic carbocycles. The third-order valence-corrected chi connectivity index (χ3v) is 7.44. The van der Waals surface area contributed by atoms with Crippen LogP contribution < -0.4 is 5.32 Å². The fourth-order valence-electron chi connectivity index (χ4n) is 3.55. The van der Waals surface area contributed by atoms with Crippen molar-refractivity contribution in [3.8, 4) is 0 Å². The van der Waals surface area contributed by atoms with Crippen LogP contribution in [0, 0.1) is 0 Å². The second-order valence-electron chi connectivity index (χ2n) is 7.42. The minimum atomic E-state index is -3.92. The summed E-state index contributed by atoms with van der Waals surface area (Å²) in [6, 6.07) is 12.2. The van der Waals surface area contributed by atoms with E-state index in [2.05, 4.69) is 5.32 Å². The topological polar surface area (TPSA) is 104 Å². The van der Waals surface area contributed by atoms with E-state index in [1.54, 1.807) is 43.3 Å². The minimum Gasteiger partial charge on any atom is -0.357 e. The summed E-state index contributed by atoms with van der Waals surface area (Å²) in [7, 11) is -2.43. The number of sulfonamides is 1. The molecule has 0 radical (unpaired) electrons. The summed E-state index contributed by atoms with van der Waals surface area (Å²) < 4.78 is 26.1. The zero-order chi connectivity index (χ0) is 23.5. The number of amides is 3. The van der Waals surface area contributed by atoms with Crippen molar-refractivity contribution < 1.29 is 22.8 Å². The third kappa shape index (κ3) is 4.78. The highest BCUT2D eigenvalue weighted by molar-refractivity contribution is 7.90. The van der Waals surface area contributed by atoms with Gasteiger partial charge >= 0.3 is 0 Å². The molecule has 2 aromatic carbocycles. The number of carbonyl (C=O) groups is 3. The van der Waals surface area contributed by atoms with Crippen LogP contribution >= 0.6 is 11.6 Å². The first-order chi connectivity index (χ1) is 15.2. The van der Waals surface area contributed by atoms with E-state index in [0.29, 0.717) is 5.02 Å². The summed E-state index contributed by atoms with van der Waals surface area (Å²) in [5, 5.41) is 3.10. The number of likely N-dealkylation sites (N-methyl/N-ethyl adjacent to an activating group) is 1. The maximum Gasteiger partial charge on any atom is 0.269 e. The van der Waals surface area contributed by atoms with Crippen molar-refractivity contribution >= 4 is 39.3 Å². The highest BCUT2D eigenvalue weighted by Crippen LogP contribution is 2.30. The average molecular weight is 478 g/mol. The van der Waals surface area contributed by atoms with Crippen molar-refractivity contribution in [2.24, 2.45) is 0 Å². The Morgan fingerprint density at radius 2 is 1.78 bits per heavy atom. The van der Waals surface area contributed by atoms with Crippen molar-refractivity contribution in [3.63, 3.8) is 0 Å². The van der Waals surface area contributed by atoms with Gasteiger partial charge in [0, 0.05) is 31.6 Å². The molecule has 0 saturated carbocycles. The van der Waals surface area contributed by atoms with Crippen LogP contribution in [-0.4, -0.2) is 55.0 Å². The SMILES string of the molecule is CNC(=O)[C@H](C)N(Cc1ccc(Cl)cc1)C(=O)CCCN1C(=O)c2ccccc2S1(=O)=O. The lowest BCUT2D eigenvalue weighted by Crippen LogP contribution is -2.46. The summed E-state index contributed by atoms with van der Waals surface area (Å²) >= 11 is 5.92. The normalized spacial score (nSPS) is 15.2. The summed E-state index contributed by atoms with van der Waals surface area (Å²) in [4.78, 5) is 39.1. The van der Waals surface area contributed by atoms with Crippen molar-refractivity contribution in [1.82, 2.24) is 14.5 Å². The van der Waals surface area contributed by atoms with Crippen LogP contribution in [0.4, 0.5) is 0 Å². The molecule has 32 heavy (non-hydrogen) atoms. The van der Waals surface area contributed by atoms with Crippen LogP contribution in [0.5, 0.6) is 0 Å². The van der Waals surface area contributed by atoms with Crippen LogP contribution in [0.15, 0.2) is 53.4 Å². The summed E-state index contributed by atoms with van der Waals surface area (Å²) in [6.07, 6.45) is 0.111. The fourth-order valence-corrected chi connectivity index (χ4v) is 5.28. The molecule has 0 bridgehead atoms. The lowest BCUT2D eigenvalue weighted by Gasteiger charge is -2.28. The molecule has 3 amide bonds. The monoisotopic (exact) mass is 477 g/mol. The number of nitrogens with one attached hydrogen (secondary N) is 1. The highest BCUT2D eigenvalue weighted by Gasteiger charge is 2.40. The van der Waals surface area contributed by atoms with Gasteiger partial charge in [-0.05, 0) is 43.2 Å². The Morgan fingerprint density at radius 3 is 2.41 bits per heavy atom. The maximum absolute atomic E-state index is 13.0. The molecule has 0 saturated heterocycles. The number of hydrogen-bond donors (Lipinski definition) is 1. The molecular formula is C22H24ClN3O5S. The number of benzene rings is 2. The Morgan fingerprint density at radius 1 is 1.12 bits per heavy atom. The Labute approximate surface area is 192 Å². The predicted molar refractivity (Wildman–Crippen MR) is 119 cm³/mol. The first-order valence-electron chi connectivity index (χ1n) is 10.1. The molecule has 1 heterocycles. The molecule has 0 spiro atoms. The summed E-state index contributed by atoms with van der Waals surface area (Å²) in [5.74, 6) is -1.23. The first kappa shape index (κ1) is 23.7. The van der Waals surface area contributed by atoms with Crippen LogP contribution in [-0.2, 0) is 26.2 Å². The van der Waals surface area contributed by atoms with Gasteiger partial charge < -0.3 is 10.2 Å². The Balaban J connectivity index is 1.69. The van der Waals surface area contributed by atoms with Gasteiger partial charge in [0.1, 0.15) is 10.9 Å². The van der Waals surface area contributed by atoms with Gasteiger partial charge in [-0.3, -0.25) is 14.4 Å². The van der Waals surface area contributed by atoms with Gasteiger partial charge in [0.05, 0.1) is 5.56 Å². The zero-order valence-corrected chi connectivity index (χ0v) is 19.3. The van der Waals surface area contributed by atoms with Crippen molar-refractivity contribution in [2.75, 3.05) is 13.6 Å². The highest BCUT2D eigenvalue weighted by atomic mass is 35.5. The molecule has 0 aromatic heterocycles. The van der Waals surface area contributed by atoms with Crippen LogP contribution in [0.25, 0.3) is 0 Å². The fraction of sp³-hybridized carbons (Fsp3) is 0.318. The predicted octanol–water partition coefficient (Wildman–Crippen LogP) is 2.43. The largest absolute Gasteiger partial charge is 0.357 e. The number of nitrogens with zero attached hydrogens (tertiary/aromatic N) is 2. The maximum atomic E-state index is 13.0. The smallest absolute Gasteiger partial charge is 0.269 e. The van der Waals surface area contributed by atoms with E-state index in [1.165, 1.54) is 24.1 Å².